The Bertz CT molecular complexity index is 752. The van der Waals surface area contributed by atoms with E-state index in [0.717, 1.165) is 12.0 Å². The Morgan fingerprint density at radius 1 is 0.963 bits per heavy atom. The first-order valence-corrected chi connectivity index (χ1v) is 9.22. The molecule has 5 nitrogen and oxygen atoms in total. The van der Waals surface area contributed by atoms with Gasteiger partial charge in [0, 0.05) is 12.6 Å². The molecule has 144 valence electrons. The Hall–Kier alpha value is -2.82. The van der Waals surface area contributed by atoms with Gasteiger partial charge in [-0.05, 0) is 54.7 Å². The highest BCUT2D eigenvalue weighted by Crippen LogP contribution is 2.17. The molecule has 0 aromatic heterocycles. The summed E-state index contributed by atoms with van der Waals surface area (Å²) in [4.78, 5) is 23.1. The molecular formula is C22H28N2O3. The van der Waals surface area contributed by atoms with Crippen LogP contribution in [0.1, 0.15) is 44.9 Å². The summed E-state index contributed by atoms with van der Waals surface area (Å²) in [6.45, 7) is 7.74. The Morgan fingerprint density at radius 2 is 1.59 bits per heavy atom. The van der Waals surface area contributed by atoms with Crippen LogP contribution in [0.4, 0.5) is 5.69 Å². The molecule has 2 aromatic carbocycles. The van der Waals surface area contributed by atoms with Gasteiger partial charge in [0.2, 0.25) is 5.91 Å². The predicted molar refractivity (Wildman–Crippen MR) is 108 cm³/mol. The van der Waals surface area contributed by atoms with E-state index in [4.69, 9.17) is 4.74 Å². The van der Waals surface area contributed by atoms with Gasteiger partial charge in [-0.1, -0.05) is 38.1 Å². The molecule has 2 rings (SSSR count). The number of nitrogens with one attached hydrogen (secondary N) is 2. The standard InChI is InChI=1S/C22H28N2O3/c1-15(2)13-18-5-7-19(8-6-18)16(3)23-22(26)14-27-21-11-9-20(10-12-21)24-17(4)25/h5-12,15-16H,13-14H2,1-4H3,(H,23,26)(H,24,25)/t16-/m0/s1. The molecule has 0 aliphatic carbocycles. The fraction of sp³-hybridized carbons (Fsp3) is 0.364. The molecule has 5 heteroatoms. The van der Waals surface area contributed by atoms with Crippen molar-refractivity contribution in [3.05, 3.63) is 59.7 Å². The molecule has 0 bridgehead atoms. The SMILES string of the molecule is CC(=O)Nc1ccc(OCC(=O)N[C@@H](C)c2ccc(CC(C)C)cc2)cc1. The molecule has 2 N–H and O–H groups in total. The molecular weight excluding hydrogens is 340 g/mol. The van der Waals surface area contributed by atoms with Crippen molar-refractivity contribution >= 4 is 17.5 Å². The fourth-order valence-corrected chi connectivity index (χ4v) is 2.77. The van der Waals surface area contributed by atoms with Crippen molar-refractivity contribution in [1.29, 1.82) is 0 Å². The van der Waals surface area contributed by atoms with Gasteiger partial charge in [0.25, 0.3) is 5.91 Å². The third-order valence-corrected chi connectivity index (χ3v) is 4.05. The van der Waals surface area contributed by atoms with Crippen LogP contribution in [0.25, 0.3) is 0 Å². The van der Waals surface area contributed by atoms with Crippen molar-refractivity contribution in [1.82, 2.24) is 5.32 Å². The molecule has 2 amide bonds. The maximum absolute atomic E-state index is 12.1. The number of carbonyl (C=O) groups is 2. The Labute approximate surface area is 161 Å². The largest absolute Gasteiger partial charge is 0.484 e. The first kappa shape index (κ1) is 20.5. The molecule has 0 unspecified atom stereocenters. The smallest absolute Gasteiger partial charge is 0.258 e. The van der Waals surface area contributed by atoms with Gasteiger partial charge in [-0.2, -0.15) is 0 Å². The van der Waals surface area contributed by atoms with E-state index in [1.165, 1.54) is 12.5 Å². The summed E-state index contributed by atoms with van der Waals surface area (Å²) in [7, 11) is 0. The van der Waals surface area contributed by atoms with Crippen LogP contribution in [0, 0.1) is 5.92 Å². The van der Waals surface area contributed by atoms with Crippen LogP contribution in [0.5, 0.6) is 5.75 Å². The Kier molecular flexibility index (Phi) is 7.41. The number of ether oxygens (including phenoxy) is 1. The van der Waals surface area contributed by atoms with E-state index in [0.29, 0.717) is 17.4 Å². The maximum Gasteiger partial charge on any atom is 0.258 e. The molecule has 0 heterocycles. The molecule has 0 fully saturated rings. The molecule has 1 atom stereocenters. The molecule has 0 radical (unpaired) electrons. The third-order valence-electron chi connectivity index (χ3n) is 4.05. The number of hydrogen-bond donors (Lipinski definition) is 2. The number of benzene rings is 2. The topological polar surface area (TPSA) is 67.4 Å². The highest BCUT2D eigenvalue weighted by Gasteiger charge is 2.10. The average Bonchev–Trinajstić information content (AvgIpc) is 2.60. The van der Waals surface area contributed by atoms with Gasteiger partial charge >= 0.3 is 0 Å². The minimum absolute atomic E-state index is 0.0603. The van der Waals surface area contributed by atoms with E-state index in [-0.39, 0.29) is 24.5 Å². The van der Waals surface area contributed by atoms with Crippen molar-refractivity contribution in [2.24, 2.45) is 5.92 Å². The number of anilines is 1. The summed E-state index contributed by atoms with van der Waals surface area (Å²) in [6.07, 6.45) is 1.05. The lowest BCUT2D eigenvalue weighted by atomic mass is 10.00. The summed E-state index contributed by atoms with van der Waals surface area (Å²) in [6, 6.07) is 15.2. The van der Waals surface area contributed by atoms with Crippen LogP contribution in [-0.2, 0) is 16.0 Å². The van der Waals surface area contributed by atoms with Gasteiger partial charge in [0.05, 0.1) is 6.04 Å². The normalized spacial score (nSPS) is 11.7. The highest BCUT2D eigenvalue weighted by atomic mass is 16.5. The molecule has 0 aliphatic heterocycles. The van der Waals surface area contributed by atoms with Crippen LogP contribution in [0.2, 0.25) is 0 Å². The first-order chi connectivity index (χ1) is 12.8. The Balaban J connectivity index is 1.81. The van der Waals surface area contributed by atoms with Gasteiger partial charge in [-0.15, -0.1) is 0 Å². The zero-order valence-electron chi connectivity index (χ0n) is 16.4. The van der Waals surface area contributed by atoms with E-state index in [2.05, 4.69) is 48.7 Å². The number of amides is 2. The van der Waals surface area contributed by atoms with Gasteiger partial charge < -0.3 is 15.4 Å². The summed E-state index contributed by atoms with van der Waals surface area (Å²) >= 11 is 0. The van der Waals surface area contributed by atoms with Crippen molar-refractivity contribution in [3.8, 4) is 5.75 Å². The number of carbonyl (C=O) groups excluding carboxylic acids is 2. The molecule has 0 saturated carbocycles. The van der Waals surface area contributed by atoms with E-state index in [9.17, 15) is 9.59 Å². The summed E-state index contributed by atoms with van der Waals surface area (Å²) < 4.78 is 5.50. The van der Waals surface area contributed by atoms with Crippen molar-refractivity contribution < 1.29 is 14.3 Å². The summed E-state index contributed by atoms with van der Waals surface area (Å²) in [5.74, 6) is 0.886. The van der Waals surface area contributed by atoms with Gasteiger partial charge in [0.15, 0.2) is 6.61 Å². The lowest BCUT2D eigenvalue weighted by Gasteiger charge is -2.15. The second kappa shape index (κ2) is 9.76. The minimum Gasteiger partial charge on any atom is -0.484 e. The van der Waals surface area contributed by atoms with Gasteiger partial charge in [-0.25, -0.2) is 0 Å². The lowest BCUT2D eigenvalue weighted by Crippen LogP contribution is -2.31. The van der Waals surface area contributed by atoms with E-state index in [1.54, 1.807) is 24.3 Å². The number of hydrogen-bond acceptors (Lipinski definition) is 3. The summed E-state index contributed by atoms with van der Waals surface area (Å²) in [5.41, 5.74) is 3.06. The lowest BCUT2D eigenvalue weighted by molar-refractivity contribution is -0.123. The van der Waals surface area contributed by atoms with Gasteiger partial charge in [0.1, 0.15) is 5.75 Å². The molecule has 0 aliphatic rings. The van der Waals surface area contributed by atoms with Crippen LogP contribution < -0.4 is 15.4 Å². The van der Waals surface area contributed by atoms with Crippen LogP contribution in [-0.4, -0.2) is 18.4 Å². The molecule has 0 saturated heterocycles. The van der Waals surface area contributed by atoms with Crippen molar-refractivity contribution in [2.45, 2.75) is 40.2 Å². The predicted octanol–water partition coefficient (Wildman–Crippen LogP) is 4.10. The first-order valence-electron chi connectivity index (χ1n) is 9.22. The van der Waals surface area contributed by atoms with Gasteiger partial charge in [-0.3, -0.25) is 9.59 Å². The second-order valence-electron chi connectivity index (χ2n) is 7.12. The Morgan fingerprint density at radius 3 is 2.15 bits per heavy atom. The van der Waals surface area contributed by atoms with E-state index < -0.39 is 0 Å². The molecule has 27 heavy (non-hydrogen) atoms. The van der Waals surface area contributed by atoms with E-state index >= 15 is 0 Å². The molecule has 2 aromatic rings. The number of rotatable bonds is 8. The quantitative estimate of drug-likeness (QED) is 0.737. The van der Waals surface area contributed by atoms with Crippen LogP contribution >= 0.6 is 0 Å². The zero-order valence-corrected chi connectivity index (χ0v) is 16.4. The van der Waals surface area contributed by atoms with Crippen molar-refractivity contribution in [3.63, 3.8) is 0 Å². The highest BCUT2D eigenvalue weighted by molar-refractivity contribution is 5.88. The monoisotopic (exact) mass is 368 g/mol. The maximum atomic E-state index is 12.1. The van der Waals surface area contributed by atoms with Crippen molar-refractivity contribution in [2.75, 3.05) is 11.9 Å². The molecule has 0 spiro atoms. The minimum atomic E-state index is -0.181. The van der Waals surface area contributed by atoms with Crippen LogP contribution in [0.3, 0.4) is 0 Å². The third kappa shape index (κ3) is 7.13. The van der Waals surface area contributed by atoms with Crippen LogP contribution in [0.15, 0.2) is 48.5 Å². The van der Waals surface area contributed by atoms with E-state index in [1.807, 2.05) is 6.92 Å². The average molecular weight is 368 g/mol. The zero-order chi connectivity index (χ0) is 19.8. The summed E-state index contributed by atoms with van der Waals surface area (Å²) in [5, 5.41) is 5.62. The fourth-order valence-electron chi connectivity index (χ4n) is 2.77. The second-order valence-corrected chi connectivity index (χ2v) is 7.12.